The van der Waals surface area contributed by atoms with Gasteiger partial charge in [0.15, 0.2) is 0 Å². The summed E-state index contributed by atoms with van der Waals surface area (Å²) in [4.78, 5) is 11.1. The van der Waals surface area contributed by atoms with Gasteiger partial charge in [-0.3, -0.25) is 9.48 Å². The van der Waals surface area contributed by atoms with Crippen LogP contribution in [0.25, 0.3) is 0 Å². The fourth-order valence-corrected chi connectivity index (χ4v) is 1.16. The molecule has 3 N–H and O–H groups in total. The topological polar surface area (TPSA) is 72.9 Å². The van der Waals surface area contributed by atoms with Gasteiger partial charge in [0.1, 0.15) is 11.5 Å². The van der Waals surface area contributed by atoms with Crippen LogP contribution in [0.15, 0.2) is 6.07 Å². The van der Waals surface area contributed by atoms with Crippen LogP contribution in [-0.4, -0.2) is 22.2 Å². The summed E-state index contributed by atoms with van der Waals surface area (Å²) in [6.45, 7) is 1.34. The summed E-state index contributed by atoms with van der Waals surface area (Å²) in [6, 6.07) is 1.58. The monoisotopic (exact) mass is 152 g/mol. The highest BCUT2D eigenvalue weighted by atomic mass is 16.2. The highest BCUT2D eigenvalue weighted by molar-refractivity contribution is 5.93. The van der Waals surface area contributed by atoms with Gasteiger partial charge in [0, 0.05) is 12.6 Å². The molecule has 0 fully saturated rings. The van der Waals surface area contributed by atoms with Crippen LogP contribution in [0, 0.1) is 0 Å². The Hall–Kier alpha value is -1.52. The summed E-state index contributed by atoms with van der Waals surface area (Å²) >= 11 is 0. The van der Waals surface area contributed by atoms with Crippen molar-refractivity contribution in [2.45, 2.75) is 6.54 Å². The molecule has 0 unspecified atom stereocenters. The maximum atomic E-state index is 11.1. The second kappa shape index (κ2) is 1.98. The lowest BCUT2D eigenvalue weighted by molar-refractivity contribution is 0.0924. The molecular formula is C6H8N4O. The molecule has 2 rings (SSSR count). The van der Waals surface area contributed by atoms with Crippen molar-refractivity contribution in [2.75, 3.05) is 12.3 Å². The molecule has 0 saturated carbocycles. The van der Waals surface area contributed by atoms with Crippen LogP contribution < -0.4 is 11.1 Å². The van der Waals surface area contributed by atoms with Crippen LogP contribution in [0.5, 0.6) is 0 Å². The zero-order valence-electron chi connectivity index (χ0n) is 5.87. The third-order valence-electron chi connectivity index (χ3n) is 1.64. The molecule has 1 aromatic rings. The van der Waals surface area contributed by atoms with Crippen LogP contribution in [0.1, 0.15) is 10.5 Å². The van der Waals surface area contributed by atoms with Gasteiger partial charge in [0.25, 0.3) is 5.91 Å². The van der Waals surface area contributed by atoms with Crippen molar-refractivity contribution in [2.24, 2.45) is 0 Å². The Labute approximate surface area is 63.2 Å². The number of anilines is 1. The number of nitrogen functional groups attached to an aromatic ring is 1. The van der Waals surface area contributed by atoms with Gasteiger partial charge in [0.05, 0.1) is 6.54 Å². The maximum absolute atomic E-state index is 11.1. The van der Waals surface area contributed by atoms with Gasteiger partial charge in [0.2, 0.25) is 0 Å². The largest absolute Gasteiger partial charge is 0.382 e. The summed E-state index contributed by atoms with van der Waals surface area (Å²) in [5.74, 6) is 0.303. The van der Waals surface area contributed by atoms with E-state index in [9.17, 15) is 4.79 Å². The van der Waals surface area contributed by atoms with Crippen LogP contribution in [-0.2, 0) is 6.54 Å². The Morgan fingerprint density at radius 2 is 2.55 bits per heavy atom. The molecule has 2 heterocycles. The minimum absolute atomic E-state index is 0.0968. The lowest BCUT2D eigenvalue weighted by Crippen LogP contribution is -2.35. The number of hydrogen-bond acceptors (Lipinski definition) is 3. The predicted molar refractivity (Wildman–Crippen MR) is 39.0 cm³/mol. The van der Waals surface area contributed by atoms with E-state index >= 15 is 0 Å². The standard InChI is InChI=1S/C6H8N4O/c7-5-3-4-6(11)8-1-2-10(4)9-5/h3H,1-2H2,(H2,7,9)(H,8,11). The number of nitrogens with zero attached hydrogens (tertiary/aromatic N) is 2. The molecule has 0 saturated heterocycles. The molecule has 11 heavy (non-hydrogen) atoms. The van der Waals surface area contributed by atoms with E-state index < -0.39 is 0 Å². The van der Waals surface area contributed by atoms with Gasteiger partial charge in [-0.15, -0.1) is 0 Å². The average molecular weight is 152 g/mol. The summed E-state index contributed by atoms with van der Waals surface area (Å²) in [5.41, 5.74) is 5.96. The molecule has 0 atom stereocenters. The molecule has 0 radical (unpaired) electrons. The molecule has 0 bridgehead atoms. The Balaban J connectivity index is 2.52. The van der Waals surface area contributed by atoms with Gasteiger partial charge < -0.3 is 11.1 Å². The van der Waals surface area contributed by atoms with Gasteiger partial charge in [-0.2, -0.15) is 5.10 Å². The summed E-state index contributed by atoms with van der Waals surface area (Å²) in [5, 5.41) is 6.63. The van der Waals surface area contributed by atoms with E-state index in [1.807, 2.05) is 0 Å². The van der Waals surface area contributed by atoms with Crippen molar-refractivity contribution in [1.82, 2.24) is 15.1 Å². The van der Waals surface area contributed by atoms with Gasteiger partial charge in [-0.25, -0.2) is 0 Å². The van der Waals surface area contributed by atoms with E-state index in [1.165, 1.54) is 0 Å². The van der Waals surface area contributed by atoms with Crippen molar-refractivity contribution in [3.63, 3.8) is 0 Å². The quantitative estimate of drug-likeness (QED) is 0.511. The number of nitrogens with two attached hydrogens (primary N) is 1. The lowest BCUT2D eigenvalue weighted by atomic mass is 10.3. The summed E-state index contributed by atoms with van der Waals surface area (Å²) in [6.07, 6.45) is 0. The summed E-state index contributed by atoms with van der Waals surface area (Å²) in [7, 11) is 0. The Morgan fingerprint density at radius 1 is 1.73 bits per heavy atom. The molecular weight excluding hydrogens is 144 g/mol. The second-order valence-electron chi connectivity index (χ2n) is 2.43. The van der Waals surface area contributed by atoms with Crippen LogP contribution in [0.2, 0.25) is 0 Å². The van der Waals surface area contributed by atoms with E-state index in [0.29, 0.717) is 24.6 Å². The van der Waals surface area contributed by atoms with E-state index in [0.717, 1.165) is 0 Å². The minimum atomic E-state index is -0.0968. The van der Waals surface area contributed by atoms with Gasteiger partial charge >= 0.3 is 0 Å². The fourth-order valence-electron chi connectivity index (χ4n) is 1.16. The molecule has 0 aromatic carbocycles. The highest BCUT2D eigenvalue weighted by Crippen LogP contribution is 2.07. The molecule has 5 nitrogen and oxygen atoms in total. The number of fused-ring (bicyclic) bond motifs is 1. The summed E-state index contributed by atoms with van der Waals surface area (Å²) < 4.78 is 1.62. The molecule has 58 valence electrons. The highest BCUT2D eigenvalue weighted by Gasteiger charge is 2.17. The first-order valence-electron chi connectivity index (χ1n) is 3.39. The number of hydrogen-bond donors (Lipinski definition) is 2. The van der Waals surface area contributed by atoms with Crippen molar-refractivity contribution < 1.29 is 4.79 Å². The number of carbonyl (C=O) groups excluding carboxylic acids is 1. The van der Waals surface area contributed by atoms with Crippen LogP contribution in [0.4, 0.5) is 5.82 Å². The maximum Gasteiger partial charge on any atom is 0.269 e. The normalized spacial score (nSPS) is 15.8. The van der Waals surface area contributed by atoms with E-state index in [2.05, 4.69) is 10.4 Å². The number of amides is 1. The first-order valence-corrected chi connectivity index (χ1v) is 3.39. The van der Waals surface area contributed by atoms with Crippen LogP contribution >= 0.6 is 0 Å². The zero-order chi connectivity index (χ0) is 7.84. The van der Waals surface area contributed by atoms with Gasteiger partial charge in [-0.05, 0) is 0 Å². The second-order valence-corrected chi connectivity index (χ2v) is 2.43. The molecule has 1 aliphatic rings. The van der Waals surface area contributed by atoms with Crippen molar-refractivity contribution >= 4 is 11.7 Å². The first-order chi connectivity index (χ1) is 5.27. The molecule has 0 aliphatic carbocycles. The molecule has 1 aromatic heterocycles. The average Bonchev–Trinajstić information content (AvgIpc) is 2.31. The number of carbonyl (C=O) groups is 1. The Kier molecular flexibility index (Phi) is 1.12. The third-order valence-corrected chi connectivity index (χ3v) is 1.64. The van der Waals surface area contributed by atoms with Gasteiger partial charge in [-0.1, -0.05) is 0 Å². The Bertz CT molecular complexity index is 304. The van der Waals surface area contributed by atoms with Crippen molar-refractivity contribution in [3.05, 3.63) is 11.8 Å². The molecule has 1 amide bonds. The predicted octanol–water partition coefficient (Wildman–Crippen LogP) is -0.791. The molecule has 0 spiro atoms. The van der Waals surface area contributed by atoms with Crippen LogP contribution in [0.3, 0.4) is 0 Å². The van der Waals surface area contributed by atoms with Crippen molar-refractivity contribution in [1.29, 1.82) is 0 Å². The first kappa shape index (κ1) is 6.21. The fraction of sp³-hybridized carbons (Fsp3) is 0.333. The molecule has 1 aliphatic heterocycles. The number of nitrogens with one attached hydrogen (secondary N) is 1. The number of aromatic nitrogens is 2. The van der Waals surface area contributed by atoms with Crippen molar-refractivity contribution in [3.8, 4) is 0 Å². The number of rotatable bonds is 0. The smallest absolute Gasteiger partial charge is 0.269 e. The Morgan fingerprint density at radius 3 is 3.27 bits per heavy atom. The zero-order valence-corrected chi connectivity index (χ0v) is 5.87. The molecule has 5 heteroatoms. The van der Waals surface area contributed by atoms with E-state index in [1.54, 1.807) is 10.7 Å². The SMILES string of the molecule is Nc1cc2n(n1)CCNC2=O. The lowest BCUT2D eigenvalue weighted by Gasteiger charge is -2.12. The van der Waals surface area contributed by atoms with E-state index in [-0.39, 0.29) is 5.91 Å². The minimum Gasteiger partial charge on any atom is -0.382 e. The third kappa shape index (κ3) is 0.849. The van der Waals surface area contributed by atoms with E-state index in [4.69, 9.17) is 5.73 Å².